The Labute approximate surface area is 217 Å². The Kier molecular flexibility index (Phi) is 7.72. The van der Waals surface area contributed by atoms with E-state index in [2.05, 4.69) is 57.7 Å². The van der Waals surface area contributed by atoms with Crippen LogP contribution in [-0.4, -0.2) is 42.3 Å². The number of hydrogen-bond donors (Lipinski definition) is 5. The molecule has 0 bridgehead atoms. The largest absolute Gasteiger partial charge is 0.393 e. The zero-order valence-electron chi connectivity index (χ0n) is 21.0. The molecule has 1 aromatic heterocycles. The summed E-state index contributed by atoms with van der Waals surface area (Å²) in [5.74, 6) is -0.0534. The average molecular weight is 505 g/mol. The van der Waals surface area contributed by atoms with Crippen molar-refractivity contribution in [1.29, 1.82) is 0 Å². The number of amides is 1. The lowest BCUT2D eigenvalue weighted by atomic mass is 10.0. The van der Waals surface area contributed by atoms with Gasteiger partial charge in [0.25, 0.3) is 5.91 Å². The number of aliphatic hydroxyl groups excluding tert-OH is 1. The van der Waals surface area contributed by atoms with E-state index in [1.165, 1.54) is 9.75 Å². The highest BCUT2D eigenvalue weighted by atomic mass is 32.1. The second kappa shape index (κ2) is 11.1. The summed E-state index contributed by atoms with van der Waals surface area (Å²) in [5.41, 5.74) is 4.91. The molecule has 0 radical (unpaired) electrons. The van der Waals surface area contributed by atoms with E-state index in [9.17, 15) is 9.90 Å². The summed E-state index contributed by atoms with van der Waals surface area (Å²) in [7, 11) is 0. The number of nitrogens with one attached hydrogen (secondary N) is 4. The Hall–Kier alpha value is -2.71. The van der Waals surface area contributed by atoms with Crippen LogP contribution in [-0.2, 0) is 6.54 Å². The summed E-state index contributed by atoms with van der Waals surface area (Å²) >= 11 is 1.79. The predicted octanol–water partition coefficient (Wildman–Crippen LogP) is 4.60. The van der Waals surface area contributed by atoms with Crippen molar-refractivity contribution in [2.75, 3.05) is 18.4 Å². The summed E-state index contributed by atoms with van der Waals surface area (Å²) in [6.45, 7) is 6.76. The maximum Gasteiger partial charge on any atom is 0.252 e. The molecule has 1 aliphatic carbocycles. The highest BCUT2D eigenvalue weighted by Gasteiger charge is 2.22. The van der Waals surface area contributed by atoms with Gasteiger partial charge in [-0.05, 0) is 80.1 Å². The van der Waals surface area contributed by atoms with Gasteiger partial charge in [0, 0.05) is 46.7 Å². The van der Waals surface area contributed by atoms with Gasteiger partial charge in [-0.2, -0.15) is 0 Å². The third kappa shape index (κ3) is 5.98. The van der Waals surface area contributed by atoms with E-state index in [1.807, 2.05) is 32.0 Å². The second-order valence-corrected chi connectivity index (χ2v) is 11.3. The van der Waals surface area contributed by atoms with Crippen LogP contribution >= 0.6 is 11.3 Å². The first-order chi connectivity index (χ1) is 17.4. The Balaban J connectivity index is 1.22. The molecule has 2 fully saturated rings. The van der Waals surface area contributed by atoms with Gasteiger partial charge in [0.15, 0.2) is 0 Å². The van der Waals surface area contributed by atoms with E-state index in [0.29, 0.717) is 17.6 Å². The monoisotopic (exact) mass is 504 g/mol. The minimum atomic E-state index is -0.152. The highest BCUT2D eigenvalue weighted by Crippen LogP contribution is 2.30. The molecular formula is C29H36N4O2S. The molecule has 5 N–H and O–H groups in total. The Morgan fingerprint density at radius 3 is 2.72 bits per heavy atom. The van der Waals surface area contributed by atoms with Crippen molar-refractivity contribution in [3.05, 3.63) is 76.2 Å². The maximum atomic E-state index is 13.2. The molecule has 190 valence electrons. The number of rotatable bonds is 9. The van der Waals surface area contributed by atoms with Crippen molar-refractivity contribution in [3.63, 3.8) is 0 Å². The Morgan fingerprint density at radius 2 is 1.97 bits per heavy atom. The van der Waals surface area contributed by atoms with Crippen LogP contribution in [0.5, 0.6) is 0 Å². The van der Waals surface area contributed by atoms with Crippen LogP contribution in [0.25, 0.3) is 10.4 Å². The zero-order chi connectivity index (χ0) is 25.1. The predicted molar refractivity (Wildman–Crippen MR) is 148 cm³/mol. The lowest BCUT2D eigenvalue weighted by Gasteiger charge is -2.29. The van der Waals surface area contributed by atoms with Crippen molar-refractivity contribution in [2.45, 2.75) is 63.9 Å². The fourth-order valence-corrected chi connectivity index (χ4v) is 5.87. The first kappa shape index (κ1) is 25.0. The second-order valence-electron chi connectivity index (χ2n) is 10.2. The van der Waals surface area contributed by atoms with Crippen molar-refractivity contribution in [2.24, 2.45) is 0 Å². The van der Waals surface area contributed by atoms with Gasteiger partial charge in [-0.1, -0.05) is 24.3 Å². The SMILES string of the molecule is Cc1ccc(NC2CNC2)cc1C(=O)NC(C)c1cccc(-c2ccc(CN[C@@H]3CC[C@@H](O)C3)s2)c1. The summed E-state index contributed by atoms with van der Waals surface area (Å²) < 4.78 is 0. The summed E-state index contributed by atoms with van der Waals surface area (Å²) in [6, 6.07) is 19.5. The summed E-state index contributed by atoms with van der Waals surface area (Å²) in [4.78, 5) is 15.7. The van der Waals surface area contributed by atoms with Crippen LogP contribution in [0.4, 0.5) is 5.69 Å². The van der Waals surface area contributed by atoms with Gasteiger partial charge in [-0.15, -0.1) is 11.3 Å². The average Bonchev–Trinajstić information content (AvgIpc) is 3.50. The lowest BCUT2D eigenvalue weighted by molar-refractivity contribution is 0.0939. The third-order valence-electron chi connectivity index (χ3n) is 7.28. The van der Waals surface area contributed by atoms with Gasteiger partial charge >= 0.3 is 0 Å². The molecule has 5 rings (SSSR count). The number of carbonyl (C=O) groups excluding carboxylic acids is 1. The first-order valence-electron chi connectivity index (χ1n) is 12.9. The van der Waals surface area contributed by atoms with Crippen molar-refractivity contribution >= 4 is 22.9 Å². The Morgan fingerprint density at radius 1 is 1.11 bits per heavy atom. The van der Waals surface area contributed by atoms with Gasteiger partial charge in [0.05, 0.1) is 18.2 Å². The van der Waals surface area contributed by atoms with E-state index in [1.54, 1.807) is 11.3 Å². The number of anilines is 1. The maximum absolute atomic E-state index is 13.2. The Bertz CT molecular complexity index is 1210. The van der Waals surface area contributed by atoms with Gasteiger partial charge in [0.2, 0.25) is 0 Å². The topological polar surface area (TPSA) is 85.4 Å². The number of hydrogen-bond acceptors (Lipinski definition) is 6. The third-order valence-corrected chi connectivity index (χ3v) is 8.42. The molecule has 7 heteroatoms. The minimum absolute atomic E-state index is 0.0534. The van der Waals surface area contributed by atoms with Crippen molar-refractivity contribution in [1.82, 2.24) is 16.0 Å². The molecule has 3 atom stereocenters. The number of benzene rings is 2. The molecule has 6 nitrogen and oxygen atoms in total. The van der Waals surface area contributed by atoms with Gasteiger partial charge < -0.3 is 26.4 Å². The van der Waals surface area contributed by atoms with E-state index in [0.717, 1.165) is 61.3 Å². The number of aryl methyl sites for hydroxylation is 1. The molecule has 1 saturated carbocycles. The lowest BCUT2D eigenvalue weighted by Crippen LogP contribution is -2.51. The first-order valence-corrected chi connectivity index (χ1v) is 13.8. The zero-order valence-corrected chi connectivity index (χ0v) is 21.8. The van der Waals surface area contributed by atoms with E-state index < -0.39 is 0 Å². The number of thiophene rings is 1. The summed E-state index contributed by atoms with van der Waals surface area (Å²) in [6.07, 6.45) is 2.64. The quantitative estimate of drug-likeness (QED) is 0.294. The molecular weight excluding hydrogens is 468 g/mol. The molecule has 2 aromatic carbocycles. The van der Waals surface area contributed by atoms with E-state index >= 15 is 0 Å². The molecule has 1 unspecified atom stereocenters. The van der Waals surface area contributed by atoms with Gasteiger partial charge in [0.1, 0.15) is 0 Å². The highest BCUT2D eigenvalue weighted by molar-refractivity contribution is 7.15. The fraction of sp³-hybridized carbons (Fsp3) is 0.414. The number of carbonyl (C=O) groups is 1. The molecule has 1 saturated heterocycles. The van der Waals surface area contributed by atoms with Crippen LogP contribution in [0.2, 0.25) is 0 Å². The van der Waals surface area contributed by atoms with Crippen LogP contribution in [0.15, 0.2) is 54.6 Å². The molecule has 36 heavy (non-hydrogen) atoms. The van der Waals surface area contributed by atoms with Crippen LogP contribution in [0, 0.1) is 6.92 Å². The molecule has 0 spiro atoms. The molecule has 2 heterocycles. The summed E-state index contributed by atoms with van der Waals surface area (Å²) in [5, 5.41) is 23.3. The van der Waals surface area contributed by atoms with Crippen molar-refractivity contribution < 1.29 is 9.90 Å². The van der Waals surface area contributed by atoms with Crippen LogP contribution < -0.4 is 21.3 Å². The standard InChI is InChI=1S/C29H36N4O2S/c1-18-6-7-23(33-24-15-30-16-24)14-27(18)29(35)32-19(2)20-4-3-5-21(12-20)28-11-10-26(36-28)17-31-22-8-9-25(34)13-22/h3-7,10-12,14,19,22,24-25,30-31,33-34H,8-9,13,15-17H2,1-2H3,(H,32,35)/t19?,22-,25-/m1/s1. The molecule has 3 aromatic rings. The van der Waals surface area contributed by atoms with Crippen LogP contribution in [0.3, 0.4) is 0 Å². The van der Waals surface area contributed by atoms with Gasteiger partial charge in [-0.3, -0.25) is 4.79 Å². The van der Waals surface area contributed by atoms with Gasteiger partial charge in [-0.25, -0.2) is 0 Å². The van der Waals surface area contributed by atoms with Crippen molar-refractivity contribution in [3.8, 4) is 10.4 Å². The fourth-order valence-electron chi connectivity index (χ4n) is 4.92. The molecule has 1 amide bonds. The minimum Gasteiger partial charge on any atom is -0.393 e. The van der Waals surface area contributed by atoms with E-state index in [-0.39, 0.29) is 18.1 Å². The van der Waals surface area contributed by atoms with Crippen LogP contribution in [0.1, 0.15) is 58.6 Å². The van der Waals surface area contributed by atoms with E-state index in [4.69, 9.17) is 0 Å². The normalized spacial score (nSPS) is 20.6. The smallest absolute Gasteiger partial charge is 0.252 e. The molecule has 1 aliphatic heterocycles. The number of aliphatic hydroxyl groups is 1. The molecule has 2 aliphatic rings.